The van der Waals surface area contributed by atoms with E-state index in [0.29, 0.717) is 27.9 Å². The fourth-order valence-electron chi connectivity index (χ4n) is 4.77. The molecular formula is C27H31N2O6S2+. The minimum absolute atomic E-state index is 0.195. The van der Waals surface area contributed by atoms with Gasteiger partial charge >= 0.3 is 0 Å². The lowest BCUT2D eigenvalue weighted by Gasteiger charge is -2.22. The zero-order chi connectivity index (χ0) is 26.9. The maximum absolute atomic E-state index is 12.4. The average Bonchev–Trinajstić information content (AvgIpc) is 2.87. The van der Waals surface area contributed by atoms with Crippen LogP contribution in [0.15, 0.2) is 68.8 Å². The first-order valence-electron chi connectivity index (χ1n) is 12.2. The molecule has 10 heteroatoms. The van der Waals surface area contributed by atoms with Crippen molar-refractivity contribution in [1.29, 1.82) is 0 Å². The molecule has 4 rings (SSSR count). The van der Waals surface area contributed by atoms with Gasteiger partial charge in [0.25, 0.3) is 10.1 Å². The molecule has 196 valence electrons. The van der Waals surface area contributed by atoms with E-state index in [9.17, 15) is 21.4 Å². The highest BCUT2D eigenvalue weighted by atomic mass is 32.2. The molecule has 1 N–H and O–H groups in total. The van der Waals surface area contributed by atoms with E-state index in [-0.39, 0.29) is 10.5 Å². The number of hydrogen-bond donors (Lipinski definition) is 2. The van der Waals surface area contributed by atoms with Gasteiger partial charge in [-0.25, -0.2) is 13.0 Å². The average molecular weight is 544 g/mol. The Morgan fingerprint density at radius 2 is 1.57 bits per heavy atom. The van der Waals surface area contributed by atoms with Crippen LogP contribution in [0.2, 0.25) is 0 Å². The maximum atomic E-state index is 12.4. The molecule has 0 radical (unpaired) electrons. The van der Waals surface area contributed by atoms with Crippen LogP contribution in [0, 0.1) is 0 Å². The van der Waals surface area contributed by atoms with Gasteiger partial charge in [0.15, 0.2) is 10.7 Å². The fraction of sp³-hybridized carbons (Fsp3) is 0.296. The molecule has 1 aliphatic carbocycles. The normalized spacial score (nSPS) is 11.9. The highest BCUT2D eigenvalue weighted by molar-refractivity contribution is 7.86. The molecule has 0 unspecified atom stereocenters. The number of thiol groups is 1. The fourth-order valence-corrected chi connectivity index (χ4v) is 6.02. The highest BCUT2D eigenvalue weighted by Gasteiger charge is 2.25. The molecule has 0 amide bonds. The van der Waals surface area contributed by atoms with Crippen molar-refractivity contribution in [3.63, 3.8) is 0 Å². The van der Waals surface area contributed by atoms with Gasteiger partial charge in [0.1, 0.15) is 29.3 Å². The van der Waals surface area contributed by atoms with Crippen molar-refractivity contribution in [2.24, 2.45) is 0 Å². The Morgan fingerprint density at radius 1 is 0.892 bits per heavy atom. The van der Waals surface area contributed by atoms with Crippen molar-refractivity contribution < 1.29 is 25.8 Å². The molecule has 0 saturated carbocycles. The van der Waals surface area contributed by atoms with Crippen molar-refractivity contribution >= 4 is 37.5 Å². The summed E-state index contributed by atoms with van der Waals surface area (Å²) >= 11 is 0. The summed E-state index contributed by atoms with van der Waals surface area (Å²) in [5.41, 5.74) is 2.88. The molecule has 1 heterocycles. The number of fused-ring (bicyclic) bond motifs is 2. The Labute approximate surface area is 218 Å². The van der Waals surface area contributed by atoms with Crippen LogP contribution < -0.4 is 14.8 Å². The second kappa shape index (κ2) is 10.6. The van der Waals surface area contributed by atoms with Gasteiger partial charge in [0.05, 0.1) is 11.0 Å². The topological polar surface area (TPSA) is 108 Å². The summed E-state index contributed by atoms with van der Waals surface area (Å²) in [7, 11) is -7.79. The molecule has 2 aromatic rings. The monoisotopic (exact) mass is 543 g/mol. The number of benzene rings is 3. The van der Waals surface area contributed by atoms with E-state index in [0.717, 1.165) is 43.3 Å². The van der Waals surface area contributed by atoms with Crippen LogP contribution >= 0.6 is 0 Å². The SMILES string of the molecule is CCN(CC)c1ccc2c(-c3ccc([SH](=O)=O)cc3S(=O)(=O)O)c3ccc(=[N+](CC)CC)cc-3oc2c1. The lowest BCUT2D eigenvalue weighted by Crippen LogP contribution is -2.29. The van der Waals surface area contributed by atoms with Crippen LogP contribution in [-0.2, 0) is 20.8 Å². The first kappa shape index (κ1) is 26.8. The van der Waals surface area contributed by atoms with Crippen LogP contribution in [0.5, 0.6) is 0 Å². The molecule has 2 aromatic carbocycles. The summed E-state index contributed by atoms with van der Waals surface area (Å²) in [6, 6.07) is 15.2. The van der Waals surface area contributed by atoms with Crippen LogP contribution in [0.25, 0.3) is 33.4 Å². The van der Waals surface area contributed by atoms with Crippen molar-refractivity contribution in [1.82, 2.24) is 4.58 Å². The Morgan fingerprint density at radius 3 is 2.16 bits per heavy atom. The van der Waals surface area contributed by atoms with Gasteiger partial charge in [-0.05, 0) is 58.0 Å². The first-order valence-corrected chi connectivity index (χ1v) is 14.8. The first-order chi connectivity index (χ1) is 17.6. The molecule has 0 spiro atoms. The number of nitrogens with zero attached hydrogens (tertiary/aromatic N) is 2. The Kier molecular flexibility index (Phi) is 7.72. The standard InChI is InChI=1S/C27H30N2O6S2/c1-5-28(6-2)18-9-12-21-24(15-18)35-25-16-19(29(7-3)8-4)10-13-22(25)27(21)23-14-11-20(36(30)31)17-26(23)37(32,33)34/h9-17,36H,5-8H2,1-4H3/p+1. The van der Waals surface area contributed by atoms with Gasteiger partial charge in [-0.15, -0.1) is 0 Å². The van der Waals surface area contributed by atoms with Crippen molar-refractivity contribution in [2.75, 3.05) is 31.1 Å². The zero-order valence-electron chi connectivity index (χ0n) is 21.3. The molecule has 37 heavy (non-hydrogen) atoms. The van der Waals surface area contributed by atoms with Crippen LogP contribution in [0.1, 0.15) is 27.7 Å². The second-order valence-corrected chi connectivity index (χ2v) is 11.0. The number of hydrogen-bond acceptors (Lipinski definition) is 6. The lowest BCUT2D eigenvalue weighted by atomic mass is 9.93. The predicted molar refractivity (Wildman–Crippen MR) is 147 cm³/mol. The third-order valence-corrected chi connectivity index (χ3v) is 8.26. The molecule has 0 bridgehead atoms. The summed E-state index contributed by atoms with van der Waals surface area (Å²) in [5.74, 6) is 0.545. The highest BCUT2D eigenvalue weighted by Crippen LogP contribution is 2.43. The minimum atomic E-state index is -4.75. The van der Waals surface area contributed by atoms with E-state index in [1.807, 2.05) is 36.4 Å². The van der Waals surface area contributed by atoms with Gasteiger partial charge in [0, 0.05) is 53.0 Å². The minimum Gasteiger partial charge on any atom is -0.456 e. The molecule has 0 fully saturated rings. The number of anilines is 1. The summed E-state index contributed by atoms with van der Waals surface area (Å²) in [4.78, 5) is 1.50. The molecule has 8 nitrogen and oxygen atoms in total. The number of rotatable bonds is 8. The molecule has 0 aromatic heterocycles. The Hall–Kier alpha value is -3.21. The van der Waals surface area contributed by atoms with Crippen LogP contribution in [0.4, 0.5) is 5.69 Å². The summed E-state index contributed by atoms with van der Waals surface area (Å²) in [6.45, 7) is 11.5. The van der Waals surface area contributed by atoms with Crippen molar-refractivity contribution in [3.8, 4) is 22.5 Å². The van der Waals surface area contributed by atoms with E-state index in [1.54, 1.807) is 0 Å². The summed E-state index contributed by atoms with van der Waals surface area (Å²) in [5, 5.41) is 1.60. The van der Waals surface area contributed by atoms with Crippen molar-refractivity contribution in [3.05, 3.63) is 60.0 Å². The van der Waals surface area contributed by atoms with Crippen LogP contribution in [-0.4, -0.2) is 47.6 Å². The molecular weight excluding hydrogens is 512 g/mol. The third-order valence-electron chi connectivity index (χ3n) is 6.67. The molecule has 2 aliphatic rings. The van der Waals surface area contributed by atoms with Gasteiger partial charge in [-0.1, -0.05) is 6.07 Å². The molecule has 1 aliphatic heterocycles. The molecule has 0 saturated heterocycles. The summed E-state index contributed by atoms with van der Waals surface area (Å²) in [6.07, 6.45) is 0. The largest absolute Gasteiger partial charge is 0.456 e. The van der Waals surface area contributed by atoms with Gasteiger partial charge in [-0.2, -0.15) is 8.42 Å². The predicted octanol–water partition coefficient (Wildman–Crippen LogP) is 4.08. The second-order valence-electron chi connectivity index (χ2n) is 8.60. The van der Waals surface area contributed by atoms with E-state index >= 15 is 0 Å². The van der Waals surface area contributed by atoms with Gasteiger partial charge in [0.2, 0.25) is 5.36 Å². The van der Waals surface area contributed by atoms with Crippen molar-refractivity contribution in [2.45, 2.75) is 37.5 Å². The van der Waals surface area contributed by atoms with Crippen LogP contribution in [0.3, 0.4) is 0 Å². The van der Waals surface area contributed by atoms with E-state index in [2.05, 4.69) is 37.2 Å². The van der Waals surface area contributed by atoms with Gasteiger partial charge in [-0.3, -0.25) is 4.55 Å². The van der Waals surface area contributed by atoms with E-state index in [4.69, 9.17) is 4.42 Å². The lowest BCUT2D eigenvalue weighted by molar-refractivity contribution is 0.483. The Balaban J connectivity index is 2.19. The quantitative estimate of drug-likeness (QED) is 0.149. The smallest absolute Gasteiger partial charge is 0.295 e. The summed E-state index contributed by atoms with van der Waals surface area (Å²) < 4.78 is 66.7. The van der Waals surface area contributed by atoms with E-state index < -0.39 is 25.7 Å². The van der Waals surface area contributed by atoms with E-state index in [1.165, 1.54) is 12.1 Å². The Bertz CT molecular complexity index is 1690. The maximum Gasteiger partial charge on any atom is 0.295 e. The van der Waals surface area contributed by atoms with Gasteiger partial charge < -0.3 is 9.32 Å². The zero-order valence-corrected chi connectivity index (χ0v) is 23.0. The molecule has 0 atom stereocenters. The third kappa shape index (κ3) is 5.14.